The molecule has 0 aliphatic rings. The van der Waals surface area contributed by atoms with Crippen LogP contribution in [0.25, 0.3) is 11.3 Å². The molecular weight excluding hydrogens is 385 g/mol. The Labute approximate surface area is 175 Å². The van der Waals surface area contributed by atoms with Crippen LogP contribution in [-0.4, -0.2) is 40.3 Å². The molecule has 3 rings (SSSR count). The SMILES string of the molecule is COCC(=O)N(Cc1c(-c2ccccc2)nn(C)c1Oc1ccc(F)cc1)C(C)C. The fourth-order valence-corrected chi connectivity index (χ4v) is 3.20. The summed E-state index contributed by atoms with van der Waals surface area (Å²) in [5.74, 6) is 0.521. The summed E-state index contributed by atoms with van der Waals surface area (Å²) in [6.07, 6.45) is 0. The molecule has 1 amide bonds. The highest BCUT2D eigenvalue weighted by molar-refractivity contribution is 5.78. The zero-order valence-corrected chi connectivity index (χ0v) is 17.6. The van der Waals surface area contributed by atoms with Crippen LogP contribution in [0.3, 0.4) is 0 Å². The zero-order valence-electron chi connectivity index (χ0n) is 17.6. The number of rotatable bonds is 8. The molecule has 7 heteroatoms. The molecular formula is C23H26FN3O3. The first kappa shape index (κ1) is 21.5. The Morgan fingerprint density at radius 1 is 1.13 bits per heavy atom. The number of ether oxygens (including phenoxy) is 2. The number of halogens is 1. The minimum absolute atomic E-state index is 0.00668. The fourth-order valence-electron chi connectivity index (χ4n) is 3.20. The molecule has 0 bridgehead atoms. The van der Waals surface area contributed by atoms with Crippen LogP contribution in [0.4, 0.5) is 4.39 Å². The average molecular weight is 411 g/mol. The second-order valence-electron chi connectivity index (χ2n) is 7.23. The highest BCUT2D eigenvalue weighted by Crippen LogP contribution is 2.34. The van der Waals surface area contributed by atoms with Gasteiger partial charge in [0.05, 0.1) is 12.1 Å². The third kappa shape index (κ3) is 4.86. The zero-order chi connectivity index (χ0) is 21.7. The van der Waals surface area contributed by atoms with E-state index in [1.165, 1.54) is 19.2 Å². The summed E-state index contributed by atoms with van der Waals surface area (Å²) in [5.41, 5.74) is 2.41. The first-order valence-corrected chi connectivity index (χ1v) is 9.73. The molecule has 0 saturated heterocycles. The fraction of sp³-hybridized carbons (Fsp3) is 0.304. The van der Waals surface area contributed by atoms with E-state index in [1.807, 2.05) is 44.2 Å². The summed E-state index contributed by atoms with van der Waals surface area (Å²) < 4.78 is 26.1. The lowest BCUT2D eigenvalue weighted by Gasteiger charge is -2.27. The van der Waals surface area contributed by atoms with E-state index in [0.29, 0.717) is 18.2 Å². The van der Waals surface area contributed by atoms with Gasteiger partial charge in [0, 0.05) is 25.8 Å². The molecule has 0 N–H and O–H groups in total. The molecule has 0 fully saturated rings. The van der Waals surface area contributed by atoms with Gasteiger partial charge < -0.3 is 14.4 Å². The molecule has 1 aromatic heterocycles. The van der Waals surface area contributed by atoms with Gasteiger partial charge in [-0.15, -0.1) is 0 Å². The molecule has 0 aliphatic carbocycles. The van der Waals surface area contributed by atoms with E-state index in [2.05, 4.69) is 5.10 Å². The van der Waals surface area contributed by atoms with Crippen LogP contribution in [0.15, 0.2) is 54.6 Å². The Hall–Kier alpha value is -3.19. The van der Waals surface area contributed by atoms with Crippen molar-refractivity contribution in [2.75, 3.05) is 13.7 Å². The van der Waals surface area contributed by atoms with E-state index in [1.54, 1.807) is 28.8 Å². The van der Waals surface area contributed by atoms with Crippen molar-refractivity contribution in [2.45, 2.75) is 26.4 Å². The second-order valence-corrected chi connectivity index (χ2v) is 7.23. The Morgan fingerprint density at radius 2 is 1.80 bits per heavy atom. The van der Waals surface area contributed by atoms with Gasteiger partial charge in [0.25, 0.3) is 0 Å². The van der Waals surface area contributed by atoms with Crippen LogP contribution in [0, 0.1) is 5.82 Å². The molecule has 0 saturated carbocycles. The van der Waals surface area contributed by atoms with Gasteiger partial charge in [-0.3, -0.25) is 4.79 Å². The Morgan fingerprint density at radius 3 is 2.40 bits per heavy atom. The number of aromatic nitrogens is 2. The smallest absolute Gasteiger partial charge is 0.249 e. The van der Waals surface area contributed by atoms with Gasteiger partial charge in [0.2, 0.25) is 11.8 Å². The lowest BCUT2D eigenvalue weighted by Crippen LogP contribution is -2.38. The Bertz CT molecular complexity index is 985. The number of hydrogen-bond donors (Lipinski definition) is 0. The monoisotopic (exact) mass is 411 g/mol. The average Bonchev–Trinajstić information content (AvgIpc) is 3.03. The second kappa shape index (κ2) is 9.54. The van der Waals surface area contributed by atoms with Crippen molar-refractivity contribution >= 4 is 5.91 Å². The molecule has 158 valence electrons. The standard InChI is InChI=1S/C23H26FN3O3/c1-16(2)27(21(28)15-29-4)14-20-22(17-8-6-5-7-9-17)25-26(3)23(20)30-19-12-10-18(24)11-13-19/h5-13,16H,14-15H2,1-4H3. The minimum Gasteiger partial charge on any atom is -0.439 e. The maximum Gasteiger partial charge on any atom is 0.249 e. The number of aryl methyl sites for hydroxylation is 1. The predicted octanol–water partition coefficient (Wildman–Crippen LogP) is 4.40. The van der Waals surface area contributed by atoms with Crippen molar-refractivity contribution in [1.82, 2.24) is 14.7 Å². The lowest BCUT2D eigenvalue weighted by atomic mass is 10.1. The summed E-state index contributed by atoms with van der Waals surface area (Å²) in [7, 11) is 3.28. The summed E-state index contributed by atoms with van der Waals surface area (Å²) >= 11 is 0. The third-order valence-electron chi connectivity index (χ3n) is 4.70. The van der Waals surface area contributed by atoms with E-state index in [-0.39, 0.29) is 24.4 Å². The molecule has 0 spiro atoms. The number of hydrogen-bond acceptors (Lipinski definition) is 4. The van der Waals surface area contributed by atoms with Gasteiger partial charge in [-0.1, -0.05) is 30.3 Å². The summed E-state index contributed by atoms with van der Waals surface area (Å²) in [6.45, 7) is 4.20. The quantitative estimate of drug-likeness (QED) is 0.551. The molecule has 0 aliphatic heterocycles. The highest BCUT2D eigenvalue weighted by Gasteiger charge is 2.25. The molecule has 0 radical (unpaired) electrons. The lowest BCUT2D eigenvalue weighted by molar-refractivity contribution is -0.137. The van der Waals surface area contributed by atoms with Gasteiger partial charge in [0.1, 0.15) is 23.9 Å². The maximum atomic E-state index is 13.3. The summed E-state index contributed by atoms with van der Waals surface area (Å²) in [6, 6.07) is 15.5. The summed E-state index contributed by atoms with van der Waals surface area (Å²) in [4.78, 5) is 14.4. The molecule has 30 heavy (non-hydrogen) atoms. The van der Waals surface area contributed by atoms with Crippen molar-refractivity contribution in [3.8, 4) is 22.9 Å². The van der Waals surface area contributed by atoms with Crippen LogP contribution in [0.5, 0.6) is 11.6 Å². The Balaban J connectivity index is 2.06. The van der Waals surface area contributed by atoms with Crippen molar-refractivity contribution in [3.05, 3.63) is 66.0 Å². The molecule has 2 aromatic carbocycles. The third-order valence-corrected chi connectivity index (χ3v) is 4.70. The van der Waals surface area contributed by atoms with Crippen LogP contribution < -0.4 is 4.74 Å². The van der Waals surface area contributed by atoms with E-state index in [4.69, 9.17) is 9.47 Å². The van der Waals surface area contributed by atoms with E-state index in [0.717, 1.165) is 16.8 Å². The molecule has 6 nitrogen and oxygen atoms in total. The van der Waals surface area contributed by atoms with Crippen molar-refractivity contribution < 1.29 is 18.7 Å². The van der Waals surface area contributed by atoms with Crippen LogP contribution in [-0.2, 0) is 23.1 Å². The molecule has 0 unspecified atom stereocenters. The molecule has 0 atom stereocenters. The van der Waals surface area contributed by atoms with E-state index < -0.39 is 0 Å². The van der Waals surface area contributed by atoms with Crippen molar-refractivity contribution in [2.24, 2.45) is 7.05 Å². The van der Waals surface area contributed by atoms with Gasteiger partial charge in [-0.05, 0) is 38.1 Å². The largest absolute Gasteiger partial charge is 0.439 e. The first-order valence-electron chi connectivity index (χ1n) is 9.73. The van der Waals surface area contributed by atoms with Gasteiger partial charge in [0.15, 0.2) is 0 Å². The normalized spacial score (nSPS) is 11.0. The van der Waals surface area contributed by atoms with Crippen molar-refractivity contribution in [3.63, 3.8) is 0 Å². The predicted molar refractivity (Wildman–Crippen MR) is 113 cm³/mol. The van der Waals surface area contributed by atoms with Crippen LogP contribution in [0.2, 0.25) is 0 Å². The number of benzene rings is 2. The van der Waals surface area contributed by atoms with Gasteiger partial charge >= 0.3 is 0 Å². The Kier molecular flexibility index (Phi) is 6.84. The topological polar surface area (TPSA) is 56.6 Å². The minimum atomic E-state index is -0.339. The molecule has 1 heterocycles. The number of amides is 1. The van der Waals surface area contributed by atoms with Crippen LogP contribution >= 0.6 is 0 Å². The van der Waals surface area contributed by atoms with Crippen LogP contribution in [0.1, 0.15) is 19.4 Å². The first-order chi connectivity index (χ1) is 14.4. The maximum absolute atomic E-state index is 13.3. The number of carbonyl (C=O) groups is 1. The van der Waals surface area contributed by atoms with E-state index >= 15 is 0 Å². The van der Waals surface area contributed by atoms with E-state index in [9.17, 15) is 9.18 Å². The molecule has 3 aromatic rings. The number of methoxy groups -OCH3 is 1. The van der Waals surface area contributed by atoms with Gasteiger partial charge in [-0.25, -0.2) is 9.07 Å². The summed E-state index contributed by atoms with van der Waals surface area (Å²) in [5, 5.41) is 4.66. The highest BCUT2D eigenvalue weighted by atomic mass is 19.1. The van der Waals surface area contributed by atoms with Crippen molar-refractivity contribution in [1.29, 1.82) is 0 Å². The number of nitrogens with zero attached hydrogens (tertiary/aromatic N) is 3. The number of carbonyl (C=O) groups excluding carboxylic acids is 1. The van der Waals surface area contributed by atoms with Gasteiger partial charge in [-0.2, -0.15) is 5.10 Å².